The van der Waals surface area contributed by atoms with Crippen LogP contribution in [0, 0.1) is 17.8 Å². The highest BCUT2D eigenvalue weighted by molar-refractivity contribution is 7.57. The minimum Gasteiger partial charge on any atom is -0.425 e. The molecule has 158 valence electrons. The van der Waals surface area contributed by atoms with Crippen LogP contribution in [0.3, 0.4) is 0 Å². The van der Waals surface area contributed by atoms with E-state index in [9.17, 15) is 19.0 Å². The molecule has 27 heavy (non-hydrogen) atoms. The molecule has 1 unspecified atom stereocenters. The molecule has 0 aromatic carbocycles. The Balaban J connectivity index is 2.30. The van der Waals surface area contributed by atoms with Gasteiger partial charge >= 0.3 is 12.1 Å². The second-order valence-corrected chi connectivity index (χ2v) is 10.7. The quantitative estimate of drug-likeness (QED) is 0.245. The monoisotopic (exact) mass is 405 g/mol. The third kappa shape index (κ3) is 10.2. The molecule has 0 aromatic heterocycles. The van der Waals surface area contributed by atoms with E-state index in [-0.39, 0.29) is 24.5 Å². The summed E-state index contributed by atoms with van der Waals surface area (Å²) in [4.78, 5) is 33.7. The van der Waals surface area contributed by atoms with Crippen LogP contribution in [-0.2, 0) is 18.8 Å². The van der Waals surface area contributed by atoms with Gasteiger partial charge in [0, 0.05) is 24.8 Å². The molecule has 1 rings (SSSR count). The summed E-state index contributed by atoms with van der Waals surface area (Å²) < 4.78 is 22.7. The van der Waals surface area contributed by atoms with Crippen molar-refractivity contribution in [3.63, 3.8) is 0 Å². The Bertz CT molecular complexity index is 516. The van der Waals surface area contributed by atoms with Crippen molar-refractivity contribution in [2.75, 3.05) is 18.9 Å². The van der Waals surface area contributed by atoms with E-state index in [2.05, 4.69) is 5.32 Å². The molecule has 8 heteroatoms. The van der Waals surface area contributed by atoms with Gasteiger partial charge in [-0.25, -0.2) is 4.79 Å². The fourth-order valence-electron chi connectivity index (χ4n) is 3.07. The summed E-state index contributed by atoms with van der Waals surface area (Å²) in [6, 6.07) is 0. The topological polar surface area (TPSA) is 102 Å². The van der Waals surface area contributed by atoms with Gasteiger partial charge in [-0.1, -0.05) is 47.0 Å². The van der Waals surface area contributed by atoms with Crippen LogP contribution in [-0.4, -0.2) is 42.1 Å². The first-order valence-corrected chi connectivity index (χ1v) is 12.1. The van der Waals surface area contributed by atoms with Crippen LogP contribution in [0.25, 0.3) is 0 Å². The Kier molecular flexibility index (Phi) is 10.4. The number of esters is 1. The fourth-order valence-corrected chi connectivity index (χ4v) is 5.08. The highest BCUT2D eigenvalue weighted by Crippen LogP contribution is 2.45. The van der Waals surface area contributed by atoms with E-state index < -0.39 is 25.7 Å². The van der Waals surface area contributed by atoms with Gasteiger partial charge in [-0.15, -0.1) is 0 Å². The predicted octanol–water partition coefficient (Wildman–Crippen LogP) is 4.13. The molecule has 0 bridgehead atoms. The Morgan fingerprint density at radius 3 is 2.30 bits per heavy atom. The molecular formula is C19H36NO6P. The summed E-state index contributed by atoms with van der Waals surface area (Å²) in [6.45, 7) is 7.25. The Morgan fingerprint density at radius 2 is 1.74 bits per heavy atom. The SMILES string of the molecule is CC(C)C(=O)O[C@@H](OC(=O)NCCCP(=O)(O)CC1CCCCC1)C(C)C. The molecule has 1 aliphatic carbocycles. The number of hydrogen-bond donors (Lipinski definition) is 2. The minimum atomic E-state index is -3.16. The lowest BCUT2D eigenvalue weighted by atomic mass is 9.91. The van der Waals surface area contributed by atoms with E-state index in [4.69, 9.17) is 9.47 Å². The van der Waals surface area contributed by atoms with E-state index in [1.54, 1.807) is 27.7 Å². The van der Waals surface area contributed by atoms with Crippen molar-refractivity contribution in [2.45, 2.75) is 72.5 Å². The molecule has 1 saturated carbocycles. The summed E-state index contributed by atoms with van der Waals surface area (Å²) in [5.41, 5.74) is 0. The van der Waals surface area contributed by atoms with Crippen molar-refractivity contribution >= 4 is 19.4 Å². The molecule has 1 fully saturated rings. The third-order valence-electron chi connectivity index (χ3n) is 4.69. The molecule has 0 heterocycles. The van der Waals surface area contributed by atoms with Gasteiger partial charge in [0.25, 0.3) is 6.29 Å². The average molecular weight is 405 g/mol. The van der Waals surface area contributed by atoms with E-state index in [1.165, 1.54) is 6.42 Å². The maximum Gasteiger partial charge on any atom is 0.410 e. The smallest absolute Gasteiger partial charge is 0.410 e. The van der Waals surface area contributed by atoms with Crippen molar-refractivity contribution in [3.05, 3.63) is 0 Å². The standard InChI is InChI=1S/C19H36NO6P/c1-14(2)17(21)25-18(15(3)4)26-19(22)20-11-8-12-27(23,24)13-16-9-6-5-7-10-16/h14-16,18H,5-13H2,1-4H3,(H,20,22)(H,23,24)/t18-/m0/s1. The number of amides is 1. The van der Waals surface area contributed by atoms with Gasteiger partial charge in [0.05, 0.1) is 5.92 Å². The zero-order valence-electron chi connectivity index (χ0n) is 17.1. The first-order chi connectivity index (χ1) is 12.6. The zero-order valence-corrected chi connectivity index (χ0v) is 18.0. The van der Waals surface area contributed by atoms with Crippen LogP contribution in [0.5, 0.6) is 0 Å². The number of carbonyl (C=O) groups excluding carboxylic acids is 2. The van der Waals surface area contributed by atoms with E-state index in [1.807, 2.05) is 0 Å². The maximum atomic E-state index is 12.3. The van der Waals surface area contributed by atoms with Gasteiger partial charge in [-0.05, 0) is 25.2 Å². The Hall–Kier alpha value is -1.07. The second kappa shape index (κ2) is 11.7. The van der Waals surface area contributed by atoms with Crippen molar-refractivity contribution in [1.29, 1.82) is 0 Å². The zero-order chi connectivity index (χ0) is 20.4. The maximum absolute atomic E-state index is 12.3. The summed E-state index contributed by atoms with van der Waals surface area (Å²) in [5, 5.41) is 2.56. The van der Waals surface area contributed by atoms with Crippen molar-refractivity contribution in [3.8, 4) is 0 Å². The number of alkyl carbamates (subject to hydrolysis) is 1. The summed E-state index contributed by atoms with van der Waals surface area (Å²) in [6.07, 6.45) is 4.96. The predicted molar refractivity (Wildman–Crippen MR) is 105 cm³/mol. The first kappa shape index (κ1) is 24.0. The van der Waals surface area contributed by atoms with Crippen molar-refractivity contribution in [2.24, 2.45) is 17.8 Å². The van der Waals surface area contributed by atoms with E-state index in [0.717, 1.165) is 25.7 Å². The van der Waals surface area contributed by atoms with Gasteiger partial charge in [-0.3, -0.25) is 9.36 Å². The molecule has 1 amide bonds. The molecular weight excluding hydrogens is 369 g/mol. The lowest BCUT2D eigenvalue weighted by molar-refractivity contribution is -0.178. The molecule has 0 radical (unpaired) electrons. The van der Waals surface area contributed by atoms with Gasteiger partial charge in [0.2, 0.25) is 7.37 Å². The average Bonchev–Trinajstić information content (AvgIpc) is 2.58. The third-order valence-corrected chi connectivity index (χ3v) is 6.80. The van der Waals surface area contributed by atoms with E-state index >= 15 is 0 Å². The largest absolute Gasteiger partial charge is 0.425 e. The first-order valence-electron chi connectivity index (χ1n) is 10.1. The van der Waals surface area contributed by atoms with Crippen molar-refractivity contribution in [1.82, 2.24) is 5.32 Å². The summed E-state index contributed by atoms with van der Waals surface area (Å²) in [5.74, 6) is -0.548. The van der Waals surface area contributed by atoms with Gasteiger partial charge in [0.1, 0.15) is 0 Å². The molecule has 2 N–H and O–H groups in total. The van der Waals surface area contributed by atoms with Crippen LogP contribution in [0.1, 0.15) is 66.2 Å². The number of nitrogens with one attached hydrogen (secondary N) is 1. The molecule has 7 nitrogen and oxygen atoms in total. The molecule has 0 aliphatic heterocycles. The van der Waals surface area contributed by atoms with Crippen LogP contribution < -0.4 is 5.32 Å². The van der Waals surface area contributed by atoms with Crippen LogP contribution in [0.15, 0.2) is 0 Å². The Morgan fingerprint density at radius 1 is 1.11 bits per heavy atom. The number of hydrogen-bond acceptors (Lipinski definition) is 5. The lowest BCUT2D eigenvalue weighted by Crippen LogP contribution is -2.36. The van der Waals surface area contributed by atoms with Crippen molar-refractivity contribution < 1.29 is 28.5 Å². The molecule has 0 spiro atoms. The molecule has 2 atom stereocenters. The molecule has 0 aromatic rings. The van der Waals surface area contributed by atoms with Crippen LogP contribution in [0.2, 0.25) is 0 Å². The number of carbonyl (C=O) groups is 2. The highest BCUT2D eigenvalue weighted by Gasteiger charge is 2.26. The Labute approximate surface area is 163 Å². The lowest BCUT2D eigenvalue weighted by Gasteiger charge is -2.24. The van der Waals surface area contributed by atoms with E-state index in [0.29, 0.717) is 18.5 Å². The van der Waals surface area contributed by atoms with Gasteiger partial charge in [0.15, 0.2) is 0 Å². The summed E-state index contributed by atoms with van der Waals surface area (Å²) >= 11 is 0. The number of ether oxygens (including phenoxy) is 2. The minimum absolute atomic E-state index is 0.174. The van der Waals surface area contributed by atoms with Gasteiger partial charge < -0.3 is 19.7 Å². The number of rotatable bonds is 10. The van der Waals surface area contributed by atoms with Crippen LogP contribution >= 0.6 is 7.37 Å². The molecule has 1 aliphatic rings. The summed E-state index contributed by atoms with van der Waals surface area (Å²) in [7, 11) is -3.16. The second-order valence-electron chi connectivity index (χ2n) is 8.15. The van der Waals surface area contributed by atoms with Crippen LogP contribution in [0.4, 0.5) is 4.79 Å². The van der Waals surface area contributed by atoms with Gasteiger partial charge in [-0.2, -0.15) is 0 Å². The highest BCUT2D eigenvalue weighted by atomic mass is 31.2. The normalized spacial score (nSPS) is 18.8. The molecule has 0 saturated heterocycles. The fraction of sp³-hybridized carbons (Fsp3) is 0.895.